The summed E-state index contributed by atoms with van der Waals surface area (Å²) in [4.78, 5) is 25.1. The number of sulfonamides is 1. The second-order valence-corrected chi connectivity index (χ2v) is 9.05. The van der Waals surface area contributed by atoms with Gasteiger partial charge in [-0.15, -0.1) is 11.3 Å². The Bertz CT molecular complexity index is 935. The van der Waals surface area contributed by atoms with Crippen LogP contribution in [0.5, 0.6) is 0 Å². The van der Waals surface area contributed by atoms with Crippen LogP contribution in [0.3, 0.4) is 0 Å². The molecule has 0 unspecified atom stereocenters. The zero-order chi connectivity index (χ0) is 19.4. The maximum absolute atomic E-state index is 12.3. The van der Waals surface area contributed by atoms with Crippen LogP contribution < -0.4 is 10.0 Å². The maximum atomic E-state index is 12.3. The Morgan fingerprint density at radius 3 is 2.70 bits per heavy atom. The average molecular weight is 409 g/mol. The number of carbonyl (C=O) groups is 2. The summed E-state index contributed by atoms with van der Waals surface area (Å²) >= 11 is 1.52. The zero-order valence-corrected chi connectivity index (χ0v) is 16.4. The van der Waals surface area contributed by atoms with Crippen LogP contribution in [0.4, 0.5) is 0 Å². The van der Waals surface area contributed by atoms with E-state index in [-0.39, 0.29) is 16.5 Å². The molecule has 0 atom stereocenters. The first kappa shape index (κ1) is 19.5. The van der Waals surface area contributed by atoms with Crippen LogP contribution in [0.25, 0.3) is 0 Å². The van der Waals surface area contributed by atoms with Crippen LogP contribution in [-0.2, 0) is 26.1 Å². The fourth-order valence-corrected chi connectivity index (χ4v) is 4.31. The van der Waals surface area contributed by atoms with Crippen molar-refractivity contribution < 1.29 is 22.7 Å². The second kappa shape index (κ2) is 8.20. The van der Waals surface area contributed by atoms with Gasteiger partial charge in [-0.3, -0.25) is 4.79 Å². The van der Waals surface area contributed by atoms with Gasteiger partial charge >= 0.3 is 5.97 Å². The molecule has 3 rings (SSSR count). The summed E-state index contributed by atoms with van der Waals surface area (Å²) in [6.07, 6.45) is 1.64. The van der Waals surface area contributed by atoms with E-state index in [0.29, 0.717) is 12.1 Å². The van der Waals surface area contributed by atoms with Gasteiger partial charge in [0.2, 0.25) is 10.0 Å². The topological polar surface area (TPSA) is 102 Å². The number of rotatable bonds is 8. The van der Waals surface area contributed by atoms with E-state index in [2.05, 4.69) is 10.0 Å². The largest absolute Gasteiger partial charge is 0.452 e. The number of aryl methyl sites for hydroxylation is 1. The molecule has 0 radical (unpaired) electrons. The number of hydrogen-bond acceptors (Lipinski definition) is 6. The number of hydrogen-bond donors (Lipinski definition) is 2. The van der Waals surface area contributed by atoms with Gasteiger partial charge < -0.3 is 10.1 Å². The van der Waals surface area contributed by atoms with Crippen molar-refractivity contribution >= 4 is 33.2 Å². The highest BCUT2D eigenvalue weighted by Gasteiger charge is 2.28. The van der Waals surface area contributed by atoms with E-state index in [9.17, 15) is 18.0 Å². The first-order valence-corrected chi connectivity index (χ1v) is 10.8. The maximum Gasteiger partial charge on any atom is 0.338 e. The molecule has 0 saturated heterocycles. The molecule has 144 valence electrons. The predicted octanol–water partition coefficient (Wildman–Crippen LogP) is 1.97. The summed E-state index contributed by atoms with van der Waals surface area (Å²) in [5, 5.41) is 4.57. The molecule has 1 heterocycles. The smallest absolute Gasteiger partial charge is 0.338 e. The summed E-state index contributed by atoms with van der Waals surface area (Å²) in [5.74, 6) is -1.16. The third-order valence-electron chi connectivity index (χ3n) is 4.01. The quantitative estimate of drug-likeness (QED) is 0.651. The van der Waals surface area contributed by atoms with Crippen molar-refractivity contribution in [3.8, 4) is 0 Å². The van der Waals surface area contributed by atoms with E-state index < -0.39 is 28.5 Å². The standard InChI is InChI=1S/C18H20N2O5S2/c1-12-4-7-15(27(23,24)20-13-5-6-13)9-16(12)18(22)25-11-17(21)19-10-14-3-2-8-26-14/h2-4,7-9,13,20H,5-6,10-11H2,1H3,(H,19,21). The van der Waals surface area contributed by atoms with E-state index in [0.717, 1.165) is 17.7 Å². The highest BCUT2D eigenvalue weighted by atomic mass is 32.2. The van der Waals surface area contributed by atoms with E-state index >= 15 is 0 Å². The summed E-state index contributed by atoms with van der Waals surface area (Å²) < 4.78 is 32.2. The molecule has 0 spiro atoms. The fraction of sp³-hybridized carbons (Fsp3) is 0.333. The lowest BCUT2D eigenvalue weighted by molar-refractivity contribution is -0.124. The lowest BCUT2D eigenvalue weighted by atomic mass is 10.1. The van der Waals surface area contributed by atoms with Crippen molar-refractivity contribution in [2.75, 3.05) is 6.61 Å². The van der Waals surface area contributed by atoms with E-state index in [4.69, 9.17) is 4.74 Å². The Balaban J connectivity index is 1.60. The van der Waals surface area contributed by atoms with Crippen molar-refractivity contribution in [1.29, 1.82) is 0 Å². The van der Waals surface area contributed by atoms with Gasteiger partial charge in [0.05, 0.1) is 17.0 Å². The molecule has 2 N–H and O–H groups in total. The van der Waals surface area contributed by atoms with Crippen LogP contribution in [0.2, 0.25) is 0 Å². The van der Waals surface area contributed by atoms with Crippen LogP contribution in [0.15, 0.2) is 40.6 Å². The fourth-order valence-electron chi connectivity index (χ4n) is 2.34. The molecule has 1 fully saturated rings. The Labute approximate surface area is 161 Å². The van der Waals surface area contributed by atoms with Gasteiger partial charge in [-0.25, -0.2) is 17.9 Å². The van der Waals surface area contributed by atoms with Crippen LogP contribution >= 0.6 is 11.3 Å². The molecular weight excluding hydrogens is 388 g/mol. The molecule has 1 aromatic heterocycles. The van der Waals surface area contributed by atoms with E-state index in [1.54, 1.807) is 13.0 Å². The number of carbonyl (C=O) groups excluding carboxylic acids is 2. The molecule has 1 saturated carbocycles. The molecule has 27 heavy (non-hydrogen) atoms. The van der Waals surface area contributed by atoms with Crippen molar-refractivity contribution in [2.24, 2.45) is 0 Å². The summed E-state index contributed by atoms with van der Waals surface area (Å²) in [6.45, 7) is 1.62. The predicted molar refractivity (Wildman–Crippen MR) is 101 cm³/mol. The van der Waals surface area contributed by atoms with Gasteiger partial charge in [-0.1, -0.05) is 12.1 Å². The van der Waals surface area contributed by atoms with Gasteiger partial charge in [0, 0.05) is 10.9 Å². The Hall–Kier alpha value is -2.23. The van der Waals surface area contributed by atoms with Gasteiger partial charge in [0.15, 0.2) is 6.61 Å². The van der Waals surface area contributed by atoms with Crippen molar-refractivity contribution in [3.05, 3.63) is 51.7 Å². The highest BCUT2D eigenvalue weighted by molar-refractivity contribution is 7.89. The van der Waals surface area contributed by atoms with Crippen LogP contribution in [-0.4, -0.2) is 32.9 Å². The number of nitrogens with one attached hydrogen (secondary N) is 2. The minimum Gasteiger partial charge on any atom is -0.452 e. The first-order valence-electron chi connectivity index (χ1n) is 8.44. The average Bonchev–Trinajstić information content (AvgIpc) is 3.27. The molecular formula is C18H20N2O5S2. The number of esters is 1. The third kappa shape index (κ3) is 5.38. The van der Waals surface area contributed by atoms with Crippen LogP contribution in [0.1, 0.15) is 33.6 Å². The SMILES string of the molecule is Cc1ccc(S(=O)(=O)NC2CC2)cc1C(=O)OCC(=O)NCc1cccs1. The van der Waals surface area contributed by atoms with Gasteiger partial charge in [0.25, 0.3) is 5.91 Å². The first-order chi connectivity index (χ1) is 12.8. The Kier molecular flexibility index (Phi) is 5.93. The van der Waals surface area contributed by atoms with Gasteiger partial charge in [-0.2, -0.15) is 0 Å². The summed E-state index contributed by atoms with van der Waals surface area (Å²) in [6, 6.07) is 8.03. The molecule has 7 nitrogen and oxygen atoms in total. The molecule has 1 aliphatic carbocycles. The minimum atomic E-state index is -3.67. The highest BCUT2D eigenvalue weighted by Crippen LogP contribution is 2.23. The van der Waals surface area contributed by atoms with Crippen molar-refractivity contribution in [1.82, 2.24) is 10.0 Å². The monoisotopic (exact) mass is 408 g/mol. The molecule has 1 amide bonds. The molecule has 0 aliphatic heterocycles. The lowest BCUT2D eigenvalue weighted by Crippen LogP contribution is -2.28. The second-order valence-electron chi connectivity index (χ2n) is 6.30. The molecule has 1 aliphatic rings. The van der Waals surface area contributed by atoms with Crippen molar-refractivity contribution in [2.45, 2.75) is 37.2 Å². The lowest BCUT2D eigenvalue weighted by Gasteiger charge is -2.10. The summed E-state index contributed by atoms with van der Waals surface area (Å²) in [5.41, 5.74) is 0.698. The number of amides is 1. The summed E-state index contributed by atoms with van der Waals surface area (Å²) in [7, 11) is -3.67. The van der Waals surface area contributed by atoms with Crippen LogP contribution in [0, 0.1) is 6.92 Å². The molecule has 9 heteroatoms. The molecule has 0 bridgehead atoms. The van der Waals surface area contributed by atoms with Crippen molar-refractivity contribution in [3.63, 3.8) is 0 Å². The number of ether oxygens (including phenoxy) is 1. The van der Waals surface area contributed by atoms with E-state index in [1.165, 1.54) is 23.5 Å². The van der Waals surface area contributed by atoms with E-state index in [1.807, 2.05) is 17.5 Å². The van der Waals surface area contributed by atoms with Gasteiger partial charge in [-0.05, 0) is 48.9 Å². The Morgan fingerprint density at radius 2 is 2.04 bits per heavy atom. The number of benzene rings is 1. The minimum absolute atomic E-state index is 0.00842. The number of thiophene rings is 1. The zero-order valence-electron chi connectivity index (χ0n) is 14.7. The molecule has 1 aromatic carbocycles. The Morgan fingerprint density at radius 1 is 1.26 bits per heavy atom. The molecule has 2 aromatic rings. The normalized spacial score (nSPS) is 14.0. The third-order valence-corrected chi connectivity index (χ3v) is 6.41. The van der Waals surface area contributed by atoms with Gasteiger partial charge in [0.1, 0.15) is 0 Å².